The van der Waals surface area contributed by atoms with E-state index in [1.807, 2.05) is 36.1 Å². The molecule has 0 bridgehead atoms. The SMILES string of the molecule is CCO/N=C/c1ccc(OCCC(C)CCN2CCN(c3ccnc(C(=O)O)c3C)C2=O)cc1. The molecule has 0 spiro atoms. The molecule has 1 aliphatic rings. The van der Waals surface area contributed by atoms with Crippen LogP contribution in [0.3, 0.4) is 0 Å². The van der Waals surface area contributed by atoms with Gasteiger partial charge in [-0.15, -0.1) is 0 Å². The lowest BCUT2D eigenvalue weighted by Gasteiger charge is -2.21. The Hall–Kier alpha value is -3.62. The zero-order valence-corrected chi connectivity index (χ0v) is 19.9. The standard InChI is InChI=1S/C25H32N4O5/c1-4-34-27-17-20-5-7-21(8-6-20)33-16-11-18(2)10-13-28-14-15-29(25(28)32)22-9-12-26-23(19(22)3)24(30)31/h5-9,12,17-18H,4,10-11,13-16H2,1-3H3,(H,30,31)/b27-17+. The number of carbonyl (C=O) groups excluding carboxylic acids is 1. The number of rotatable bonds is 12. The van der Waals surface area contributed by atoms with Crippen molar-refractivity contribution in [2.75, 3.05) is 37.7 Å². The van der Waals surface area contributed by atoms with Crippen LogP contribution in [0.2, 0.25) is 0 Å². The number of anilines is 1. The van der Waals surface area contributed by atoms with Crippen LogP contribution < -0.4 is 9.64 Å². The molecule has 0 radical (unpaired) electrons. The second kappa shape index (κ2) is 12.0. The molecule has 2 aromatic rings. The van der Waals surface area contributed by atoms with E-state index in [4.69, 9.17) is 9.57 Å². The first-order valence-electron chi connectivity index (χ1n) is 11.5. The fourth-order valence-corrected chi connectivity index (χ4v) is 3.77. The number of amides is 2. The van der Waals surface area contributed by atoms with Crippen LogP contribution in [0, 0.1) is 12.8 Å². The lowest BCUT2D eigenvalue weighted by Crippen LogP contribution is -2.33. The number of oxime groups is 1. The van der Waals surface area contributed by atoms with Crippen molar-refractivity contribution >= 4 is 23.9 Å². The van der Waals surface area contributed by atoms with Gasteiger partial charge in [-0.3, -0.25) is 4.90 Å². The highest BCUT2D eigenvalue weighted by Crippen LogP contribution is 2.26. The summed E-state index contributed by atoms with van der Waals surface area (Å²) in [5, 5.41) is 13.1. The van der Waals surface area contributed by atoms with E-state index in [-0.39, 0.29) is 11.7 Å². The molecule has 1 fully saturated rings. The monoisotopic (exact) mass is 468 g/mol. The number of nitrogens with zero attached hydrogens (tertiary/aromatic N) is 4. The molecule has 0 saturated carbocycles. The predicted molar refractivity (Wildman–Crippen MR) is 130 cm³/mol. The van der Waals surface area contributed by atoms with E-state index in [1.165, 1.54) is 6.20 Å². The van der Waals surface area contributed by atoms with Crippen LogP contribution in [-0.4, -0.2) is 66.1 Å². The number of ether oxygens (including phenoxy) is 1. The summed E-state index contributed by atoms with van der Waals surface area (Å²) in [5.74, 6) is 0.102. The summed E-state index contributed by atoms with van der Waals surface area (Å²) in [6.45, 7) is 8.67. The first-order chi connectivity index (χ1) is 16.4. The van der Waals surface area contributed by atoms with Crippen LogP contribution >= 0.6 is 0 Å². The summed E-state index contributed by atoms with van der Waals surface area (Å²) in [4.78, 5) is 36.6. The third kappa shape index (κ3) is 6.46. The fraction of sp³-hybridized carbons (Fsp3) is 0.440. The highest BCUT2D eigenvalue weighted by atomic mass is 16.6. The molecule has 9 heteroatoms. The number of carboxylic acid groups (broad SMARTS) is 1. The van der Waals surface area contributed by atoms with Crippen LogP contribution in [0.25, 0.3) is 0 Å². The second-order valence-electron chi connectivity index (χ2n) is 8.28. The zero-order chi connectivity index (χ0) is 24.5. The van der Waals surface area contributed by atoms with Gasteiger partial charge in [-0.2, -0.15) is 0 Å². The molecule has 2 amide bonds. The smallest absolute Gasteiger partial charge is 0.354 e. The number of hydrogen-bond donors (Lipinski definition) is 1. The predicted octanol–water partition coefficient (Wildman–Crippen LogP) is 4.20. The summed E-state index contributed by atoms with van der Waals surface area (Å²) in [7, 11) is 0. The van der Waals surface area contributed by atoms with Gasteiger partial charge in [-0.1, -0.05) is 12.1 Å². The van der Waals surface area contributed by atoms with Crippen LogP contribution in [0.15, 0.2) is 41.7 Å². The molecule has 1 aromatic carbocycles. The molecule has 1 saturated heterocycles. The average Bonchev–Trinajstić information content (AvgIpc) is 3.19. The Morgan fingerprint density at radius 2 is 2.00 bits per heavy atom. The Morgan fingerprint density at radius 3 is 2.71 bits per heavy atom. The lowest BCUT2D eigenvalue weighted by atomic mass is 10.0. The molecule has 9 nitrogen and oxygen atoms in total. The van der Waals surface area contributed by atoms with Crippen LogP contribution in [-0.2, 0) is 4.84 Å². The van der Waals surface area contributed by atoms with Gasteiger partial charge >= 0.3 is 12.0 Å². The number of urea groups is 1. The number of hydrogen-bond acceptors (Lipinski definition) is 6. The third-order valence-corrected chi connectivity index (χ3v) is 5.82. The maximum absolute atomic E-state index is 12.9. The Balaban J connectivity index is 1.42. The molecular formula is C25H32N4O5. The van der Waals surface area contributed by atoms with E-state index in [2.05, 4.69) is 17.1 Å². The number of aromatic nitrogens is 1. The molecule has 182 valence electrons. The minimum Gasteiger partial charge on any atom is -0.494 e. The molecule has 0 aliphatic carbocycles. The Labute approximate surface area is 200 Å². The third-order valence-electron chi connectivity index (χ3n) is 5.82. The van der Waals surface area contributed by atoms with E-state index in [1.54, 1.807) is 24.1 Å². The molecular weight excluding hydrogens is 436 g/mol. The first kappa shape index (κ1) is 25.0. The van der Waals surface area contributed by atoms with Crippen molar-refractivity contribution in [2.45, 2.75) is 33.6 Å². The van der Waals surface area contributed by atoms with Gasteiger partial charge in [0, 0.05) is 31.4 Å². The average molecular weight is 469 g/mol. The fourth-order valence-electron chi connectivity index (χ4n) is 3.77. The highest BCUT2D eigenvalue weighted by molar-refractivity contribution is 5.97. The maximum Gasteiger partial charge on any atom is 0.354 e. The van der Waals surface area contributed by atoms with Gasteiger partial charge in [-0.05, 0) is 68.5 Å². The second-order valence-corrected chi connectivity index (χ2v) is 8.28. The summed E-state index contributed by atoms with van der Waals surface area (Å²) in [6, 6.07) is 9.27. The van der Waals surface area contributed by atoms with Gasteiger partial charge in [-0.25, -0.2) is 14.6 Å². The Morgan fingerprint density at radius 1 is 1.24 bits per heavy atom. The first-order valence-corrected chi connectivity index (χ1v) is 11.5. The number of pyridine rings is 1. The number of benzene rings is 1. The normalized spacial score (nSPS) is 14.6. The van der Waals surface area contributed by atoms with Crippen LogP contribution in [0.4, 0.5) is 10.5 Å². The van der Waals surface area contributed by atoms with Gasteiger partial charge in [0.05, 0.1) is 18.5 Å². The summed E-state index contributed by atoms with van der Waals surface area (Å²) >= 11 is 0. The van der Waals surface area contributed by atoms with Crippen molar-refractivity contribution in [3.63, 3.8) is 0 Å². The van der Waals surface area contributed by atoms with E-state index in [9.17, 15) is 14.7 Å². The maximum atomic E-state index is 12.9. The summed E-state index contributed by atoms with van der Waals surface area (Å²) < 4.78 is 5.85. The molecule has 1 aromatic heterocycles. The topological polar surface area (TPSA) is 105 Å². The number of carbonyl (C=O) groups is 2. The molecule has 1 N–H and O–H groups in total. The quantitative estimate of drug-likeness (QED) is 0.370. The van der Waals surface area contributed by atoms with Crippen molar-refractivity contribution in [1.82, 2.24) is 9.88 Å². The van der Waals surface area contributed by atoms with E-state index in [0.29, 0.717) is 50.0 Å². The highest BCUT2D eigenvalue weighted by Gasteiger charge is 2.31. The zero-order valence-electron chi connectivity index (χ0n) is 19.9. The van der Waals surface area contributed by atoms with Crippen LogP contribution in [0.5, 0.6) is 5.75 Å². The Kier molecular flexibility index (Phi) is 8.84. The molecule has 34 heavy (non-hydrogen) atoms. The van der Waals surface area contributed by atoms with Gasteiger partial charge < -0.3 is 19.6 Å². The molecule has 1 aliphatic heterocycles. The van der Waals surface area contributed by atoms with E-state index < -0.39 is 5.97 Å². The van der Waals surface area contributed by atoms with Crippen molar-refractivity contribution in [1.29, 1.82) is 0 Å². The molecule has 2 heterocycles. The molecule has 1 unspecified atom stereocenters. The van der Waals surface area contributed by atoms with Crippen molar-refractivity contribution in [3.8, 4) is 5.75 Å². The van der Waals surface area contributed by atoms with Gasteiger partial charge in [0.2, 0.25) is 0 Å². The summed E-state index contributed by atoms with van der Waals surface area (Å²) in [5.41, 5.74) is 2.03. The van der Waals surface area contributed by atoms with Crippen molar-refractivity contribution < 1.29 is 24.3 Å². The lowest BCUT2D eigenvalue weighted by molar-refractivity contribution is 0.0689. The Bertz CT molecular complexity index is 1010. The molecule has 3 rings (SSSR count). The van der Waals surface area contributed by atoms with Crippen molar-refractivity contribution in [3.05, 3.63) is 53.3 Å². The minimum atomic E-state index is -1.09. The van der Waals surface area contributed by atoms with Crippen molar-refractivity contribution in [2.24, 2.45) is 11.1 Å². The van der Waals surface area contributed by atoms with E-state index in [0.717, 1.165) is 24.2 Å². The molecule has 1 atom stereocenters. The number of aromatic carboxylic acids is 1. The largest absolute Gasteiger partial charge is 0.494 e. The van der Waals surface area contributed by atoms with Gasteiger partial charge in [0.1, 0.15) is 12.4 Å². The van der Waals surface area contributed by atoms with Gasteiger partial charge in [0.25, 0.3) is 0 Å². The van der Waals surface area contributed by atoms with E-state index >= 15 is 0 Å². The van der Waals surface area contributed by atoms with Gasteiger partial charge in [0.15, 0.2) is 5.69 Å². The van der Waals surface area contributed by atoms with Crippen LogP contribution in [0.1, 0.15) is 48.3 Å². The summed E-state index contributed by atoms with van der Waals surface area (Å²) in [6.07, 6.45) is 4.85. The number of carboxylic acids is 1. The minimum absolute atomic E-state index is 0.0225.